The summed E-state index contributed by atoms with van der Waals surface area (Å²) in [5, 5.41) is 12.1. The summed E-state index contributed by atoms with van der Waals surface area (Å²) in [6.45, 7) is 5.87. The van der Waals surface area contributed by atoms with Gasteiger partial charge in [0.2, 0.25) is 0 Å². The van der Waals surface area contributed by atoms with Gasteiger partial charge < -0.3 is 10.4 Å². The molecule has 0 aromatic heterocycles. The predicted octanol–water partition coefficient (Wildman–Crippen LogP) is 2.59. The van der Waals surface area contributed by atoms with E-state index in [1.807, 2.05) is 39.0 Å². The number of amides is 1. The molecule has 0 saturated carbocycles. The highest BCUT2D eigenvalue weighted by atomic mass is 79.9. The molecule has 1 rings (SSSR count). The lowest BCUT2D eigenvalue weighted by Gasteiger charge is -2.29. The average molecular weight is 300 g/mol. The van der Waals surface area contributed by atoms with Crippen LogP contribution in [0.3, 0.4) is 0 Å². The summed E-state index contributed by atoms with van der Waals surface area (Å²) in [5.41, 5.74) is 0.404. The van der Waals surface area contributed by atoms with E-state index in [-0.39, 0.29) is 24.0 Å². The molecule has 0 heterocycles. The summed E-state index contributed by atoms with van der Waals surface area (Å²) < 4.78 is 0.753. The van der Waals surface area contributed by atoms with E-state index >= 15 is 0 Å². The van der Waals surface area contributed by atoms with Crippen molar-refractivity contribution in [2.45, 2.75) is 26.8 Å². The largest absolute Gasteiger partial charge is 0.394 e. The number of nitrogens with one attached hydrogen (secondary N) is 1. The van der Waals surface area contributed by atoms with Crippen molar-refractivity contribution >= 4 is 21.8 Å². The van der Waals surface area contributed by atoms with E-state index in [9.17, 15) is 9.90 Å². The van der Waals surface area contributed by atoms with E-state index in [2.05, 4.69) is 21.2 Å². The van der Waals surface area contributed by atoms with Gasteiger partial charge in [-0.05, 0) is 33.5 Å². The van der Waals surface area contributed by atoms with Crippen molar-refractivity contribution in [1.29, 1.82) is 0 Å². The summed E-state index contributed by atoms with van der Waals surface area (Å²) in [6.07, 6.45) is 0. The molecule has 17 heavy (non-hydrogen) atoms. The molecule has 1 atom stereocenters. The van der Waals surface area contributed by atoms with Gasteiger partial charge in [-0.3, -0.25) is 4.79 Å². The topological polar surface area (TPSA) is 49.3 Å². The fraction of sp³-hybridized carbons (Fsp3) is 0.462. The fourth-order valence-electron chi connectivity index (χ4n) is 1.42. The molecule has 94 valence electrons. The Balaban J connectivity index is 2.83. The number of aliphatic hydroxyl groups is 1. The van der Waals surface area contributed by atoms with Crippen LogP contribution in [0.2, 0.25) is 0 Å². The molecule has 0 aliphatic heterocycles. The molecule has 1 amide bonds. The third kappa shape index (κ3) is 3.82. The Bertz CT molecular complexity index is 399. The Hall–Kier alpha value is -0.870. The first-order valence-electron chi connectivity index (χ1n) is 5.52. The number of carbonyl (C=O) groups excluding carboxylic acids is 1. The molecule has 0 aliphatic rings. The van der Waals surface area contributed by atoms with Crippen LogP contribution >= 0.6 is 15.9 Å². The van der Waals surface area contributed by atoms with Crippen molar-refractivity contribution in [2.24, 2.45) is 5.41 Å². The molecule has 0 aliphatic carbocycles. The van der Waals surface area contributed by atoms with Crippen LogP contribution < -0.4 is 5.32 Å². The quantitative estimate of drug-likeness (QED) is 0.901. The van der Waals surface area contributed by atoms with Gasteiger partial charge in [0.1, 0.15) is 0 Å². The highest BCUT2D eigenvalue weighted by Crippen LogP contribution is 2.21. The molecule has 0 spiro atoms. The molecule has 0 fully saturated rings. The van der Waals surface area contributed by atoms with Crippen molar-refractivity contribution in [1.82, 2.24) is 5.32 Å². The van der Waals surface area contributed by atoms with Gasteiger partial charge in [-0.2, -0.15) is 0 Å². The lowest BCUT2D eigenvalue weighted by Crippen LogP contribution is -2.46. The standard InChI is InChI=1S/C13H18BrNO2/c1-13(2,3)11(8-16)15-12(17)9-6-4-5-7-10(9)14/h4-7,11,16H,8H2,1-3H3,(H,15,17)/t11-/m1/s1. The number of rotatable bonds is 3. The molecule has 1 aromatic rings. The van der Waals surface area contributed by atoms with Gasteiger partial charge in [-0.15, -0.1) is 0 Å². The average Bonchev–Trinajstić information content (AvgIpc) is 2.24. The Labute approximate surface area is 110 Å². The van der Waals surface area contributed by atoms with Gasteiger partial charge in [0, 0.05) is 4.47 Å². The van der Waals surface area contributed by atoms with E-state index in [4.69, 9.17) is 0 Å². The lowest BCUT2D eigenvalue weighted by atomic mass is 9.87. The number of benzene rings is 1. The van der Waals surface area contributed by atoms with Gasteiger partial charge in [-0.1, -0.05) is 32.9 Å². The number of halogens is 1. The monoisotopic (exact) mass is 299 g/mol. The van der Waals surface area contributed by atoms with Crippen LogP contribution in [-0.2, 0) is 0 Å². The Morgan fingerprint density at radius 2 is 2.00 bits per heavy atom. The molecule has 4 heteroatoms. The van der Waals surface area contributed by atoms with Crippen LogP contribution in [0.4, 0.5) is 0 Å². The van der Waals surface area contributed by atoms with E-state index in [0.29, 0.717) is 5.56 Å². The molecule has 0 saturated heterocycles. The molecule has 3 nitrogen and oxygen atoms in total. The molecular formula is C13H18BrNO2. The molecule has 1 aromatic carbocycles. The predicted molar refractivity (Wildman–Crippen MR) is 71.9 cm³/mol. The maximum Gasteiger partial charge on any atom is 0.252 e. The fourth-order valence-corrected chi connectivity index (χ4v) is 1.88. The Morgan fingerprint density at radius 1 is 1.41 bits per heavy atom. The number of carbonyl (C=O) groups is 1. The first-order chi connectivity index (χ1) is 7.86. The Kier molecular flexibility index (Phi) is 4.71. The smallest absolute Gasteiger partial charge is 0.252 e. The van der Waals surface area contributed by atoms with Crippen LogP contribution in [0.25, 0.3) is 0 Å². The van der Waals surface area contributed by atoms with Crippen LogP contribution in [0.5, 0.6) is 0 Å². The van der Waals surface area contributed by atoms with Crippen LogP contribution in [0.15, 0.2) is 28.7 Å². The third-order valence-corrected chi connectivity index (χ3v) is 3.34. The summed E-state index contributed by atoms with van der Waals surface area (Å²) in [4.78, 5) is 12.0. The number of hydrogen-bond acceptors (Lipinski definition) is 2. The second-order valence-corrected chi connectivity index (χ2v) is 5.91. The number of hydrogen-bond donors (Lipinski definition) is 2. The summed E-state index contributed by atoms with van der Waals surface area (Å²) >= 11 is 3.34. The molecule has 0 bridgehead atoms. The first-order valence-corrected chi connectivity index (χ1v) is 6.32. The zero-order chi connectivity index (χ0) is 13.1. The normalized spacial score (nSPS) is 13.2. The van der Waals surface area contributed by atoms with Gasteiger partial charge in [0.15, 0.2) is 0 Å². The van der Waals surface area contributed by atoms with E-state index in [0.717, 1.165) is 4.47 Å². The Morgan fingerprint density at radius 3 is 2.47 bits per heavy atom. The summed E-state index contributed by atoms with van der Waals surface area (Å²) in [6, 6.07) is 6.97. The maximum absolute atomic E-state index is 12.0. The second kappa shape index (κ2) is 5.65. The summed E-state index contributed by atoms with van der Waals surface area (Å²) in [5.74, 6) is -0.175. The van der Waals surface area contributed by atoms with Gasteiger partial charge in [0.25, 0.3) is 5.91 Å². The van der Waals surface area contributed by atoms with Crippen LogP contribution in [-0.4, -0.2) is 23.7 Å². The minimum Gasteiger partial charge on any atom is -0.394 e. The SMILES string of the molecule is CC(C)(C)[C@@H](CO)NC(=O)c1ccccc1Br. The van der Waals surface area contributed by atoms with Crippen molar-refractivity contribution in [3.8, 4) is 0 Å². The lowest BCUT2D eigenvalue weighted by molar-refractivity contribution is 0.0847. The second-order valence-electron chi connectivity index (χ2n) is 5.05. The van der Waals surface area contributed by atoms with Crippen molar-refractivity contribution < 1.29 is 9.90 Å². The van der Waals surface area contributed by atoms with E-state index in [1.165, 1.54) is 0 Å². The summed E-state index contributed by atoms with van der Waals surface area (Å²) in [7, 11) is 0. The van der Waals surface area contributed by atoms with Crippen molar-refractivity contribution in [3.63, 3.8) is 0 Å². The zero-order valence-electron chi connectivity index (χ0n) is 10.3. The highest BCUT2D eigenvalue weighted by Gasteiger charge is 2.26. The van der Waals surface area contributed by atoms with E-state index in [1.54, 1.807) is 6.07 Å². The maximum atomic E-state index is 12.0. The minimum atomic E-state index is -0.262. The first kappa shape index (κ1) is 14.2. The molecular weight excluding hydrogens is 282 g/mol. The third-order valence-electron chi connectivity index (χ3n) is 2.65. The molecule has 0 radical (unpaired) electrons. The van der Waals surface area contributed by atoms with Crippen molar-refractivity contribution in [3.05, 3.63) is 34.3 Å². The highest BCUT2D eigenvalue weighted by molar-refractivity contribution is 9.10. The van der Waals surface area contributed by atoms with Crippen LogP contribution in [0.1, 0.15) is 31.1 Å². The van der Waals surface area contributed by atoms with Gasteiger partial charge in [-0.25, -0.2) is 0 Å². The molecule has 2 N–H and O–H groups in total. The van der Waals surface area contributed by atoms with Crippen molar-refractivity contribution in [2.75, 3.05) is 6.61 Å². The van der Waals surface area contributed by atoms with E-state index < -0.39 is 0 Å². The van der Waals surface area contributed by atoms with Crippen LogP contribution in [0, 0.1) is 5.41 Å². The minimum absolute atomic E-state index is 0.0697. The zero-order valence-corrected chi connectivity index (χ0v) is 11.9. The van der Waals surface area contributed by atoms with Gasteiger partial charge in [0.05, 0.1) is 18.2 Å². The number of aliphatic hydroxyl groups excluding tert-OH is 1. The van der Waals surface area contributed by atoms with Gasteiger partial charge >= 0.3 is 0 Å². The molecule has 0 unspecified atom stereocenters.